The van der Waals surface area contributed by atoms with Gasteiger partial charge in [-0.05, 0) is 43.5 Å². The molecular formula is C16H15NO4. The second-order valence-electron chi connectivity index (χ2n) is 5.16. The van der Waals surface area contributed by atoms with Crippen LogP contribution in [0, 0.1) is 0 Å². The van der Waals surface area contributed by atoms with Crippen molar-refractivity contribution in [3.05, 3.63) is 53.5 Å². The van der Waals surface area contributed by atoms with Gasteiger partial charge in [-0.15, -0.1) is 0 Å². The molecule has 1 atom stereocenters. The predicted molar refractivity (Wildman–Crippen MR) is 76.7 cm³/mol. The van der Waals surface area contributed by atoms with Crippen LogP contribution < -0.4 is 4.90 Å². The molecule has 5 heteroatoms. The van der Waals surface area contributed by atoms with Crippen molar-refractivity contribution in [2.75, 3.05) is 4.90 Å². The Morgan fingerprint density at radius 2 is 1.90 bits per heavy atom. The second-order valence-corrected chi connectivity index (χ2v) is 5.16. The maximum Gasteiger partial charge on any atom is 0.371 e. The molecule has 0 fully saturated rings. The maximum atomic E-state index is 12.6. The van der Waals surface area contributed by atoms with Gasteiger partial charge in [-0.25, -0.2) is 4.79 Å². The third-order valence-electron chi connectivity index (χ3n) is 3.77. The summed E-state index contributed by atoms with van der Waals surface area (Å²) in [6.45, 7) is 1.98. The van der Waals surface area contributed by atoms with Gasteiger partial charge in [-0.1, -0.05) is 18.2 Å². The van der Waals surface area contributed by atoms with Gasteiger partial charge in [0.15, 0.2) is 5.76 Å². The Morgan fingerprint density at radius 1 is 1.19 bits per heavy atom. The van der Waals surface area contributed by atoms with Crippen LogP contribution in [-0.4, -0.2) is 23.0 Å². The van der Waals surface area contributed by atoms with E-state index in [1.54, 1.807) is 4.90 Å². The summed E-state index contributed by atoms with van der Waals surface area (Å²) in [5, 5.41) is 8.88. The minimum Gasteiger partial charge on any atom is -0.475 e. The fourth-order valence-electron chi connectivity index (χ4n) is 2.68. The molecule has 3 rings (SSSR count). The van der Waals surface area contributed by atoms with Crippen molar-refractivity contribution >= 4 is 17.6 Å². The van der Waals surface area contributed by atoms with Crippen LogP contribution in [0.2, 0.25) is 0 Å². The molecule has 0 saturated heterocycles. The Bertz CT molecular complexity index is 704. The summed E-state index contributed by atoms with van der Waals surface area (Å²) >= 11 is 0. The number of fused-ring (bicyclic) bond motifs is 1. The number of benzene rings is 1. The van der Waals surface area contributed by atoms with Crippen LogP contribution in [-0.2, 0) is 6.42 Å². The number of carbonyl (C=O) groups is 2. The summed E-state index contributed by atoms with van der Waals surface area (Å²) in [6, 6.07) is 10.5. The van der Waals surface area contributed by atoms with Crippen molar-refractivity contribution in [2.45, 2.75) is 25.8 Å². The van der Waals surface area contributed by atoms with Crippen LogP contribution in [0.3, 0.4) is 0 Å². The number of hydrogen-bond acceptors (Lipinski definition) is 3. The Kier molecular flexibility index (Phi) is 3.25. The number of aromatic carboxylic acids is 1. The average Bonchev–Trinajstić information content (AvgIpc) is 2.96. The van der Waals surface area contributed by atoms with E-state index in [0.29, 0.717) is 0 Å². The molecule has 1 aliphatic heterocycles. The van der Waals surface area contributed by atoms with Gasteiger partial charge in [0.1, 0.15) is 0 Å². The van der Waals surface area contributed by atoms with Crippen LogP contribution >= 0.6 is 0 Å². The highest BCUT2D eigenvalue weighted by atomic mass is 16.4. The minimum absolute atomic E-state index is 0.0470. The van der Waals surface area contributed by atoms with E-state index in [1.165, 1.54) is 12.1 Å². The number of hydrogen-bond donors (Lipinski definition) is 1. The lowest BCUT2D eigenvalue weighted by molar-refractivity contribution is 0.0660. The van der Waals surface area contributed by atoms with Crippen LogP contribution in [0.4, 0.5) is 5.69 Å². The number of anilines is 1. The number of furan rings is 1. The lowest BCUT2D eigenvalue weighted by atomic mass is 9.96. The smallest absolute Gasteiger partial charge is 0.371 e. The molecule has 2 heterocycles. The SMILES string of the molecule is CC1CCc2ccccc2N1C(=O)c1ccc(C(=O)O)o1. The topological polar surface area (TPSA) is 70.8 Å². The zero-order valence-corrected chi connectivity index (χ0v) is 11.6. The Labute approximate surface area is 121 Å². The average molecular weight is 285 g/mol. The van der Waals surface area contributed by atoms with Crippen LogP contribution in [0.1, 0.15) is 40.0 Å². The monoisotopic (exact) mass is 285 g/mol. The third kappa shape index (κ3) is 2.31. The van der Waals surface area contributed by atoms with E-state index in [4.69, 9.17) is 9.52 Å². The first-order chi connectivity index (χ1) is 10.1. The minimum atomic E-state index is -1.18. The largest absolute Gasteiger partial charge is 0.475 e. The molecule has 1 aromatic carbocycles. The maximum absolute atomic E-state index is 12.6. The Hall–Kier alpha value is -2.56. The summed E-state index contributed by atoms with van der Waals surface area (Å²) in [5.41, 5.74) is 1.99. The quantitative estimate of drug-likeness (QED) is 0.920. The molecule has 2 aromatic rings. The number of nitrogens with zero attached hydrogens (tertiary/aromatic N) is 1. The van der Waals surface area contributed by atoms with E-state index in [2.05, 4.69) is 0 Å². The molecule has 0 aliphatic carbocycles. The highest BCUT2D eigenvalue weighted by molar-refractivity contribution is 6.05. The number of carboxylic acids is 1. The molecule has 0 spiro atoms. The summed E-state index contributed by atoms with van der Waals surface area (Å²) < 4.78 is 5.13. The van der Waals surface area contributed by atoms with Gasteiger partial charge in [0.2, 0.25) is 5.76 Å². The number of rotatable bonds is 2. The van der Waals surface area contributed by atoms with Gasteiger partial charge < -0.3 is 14.4 Å². The Balaban J connectivity index is 1.98. The second kappa shape index (κ2) is 5.09. The first-order valence-corrected chi connectivity index (χ1v) is 6.82. The summed E-state index contributed by atoms with van der Waals surface area (Å²) in [5.74, 6) is -1.66. The summed E-state index contributed by atoms with van der Waals surface area (Å²) in [6.07, 6.45) is 1.80. The van der Waals surface area contributed by atoms with E-state index in [9.17, 15) is 9.59 Å². The van der Waals surface area contributed by atoms with Gasteiger partial charge in [-0.2, -0.15) is 0 Å². The van der Waals surface area contributed by atoms with Crippen LogP contribution in [0.15, 0.2) is 40.8 Å². The van der Waals surface area contributed by atoms with Crippen molar-refractivity contribution in [1.29, 1.82) is 0 Å². The van der Waals surface area contributed by atoms with Crippen molar-refractivity contribution in [3.8, 4) is 0 Å². The summed E-state index contributed by atoms with van der Waals surface area (Å²) in [4.78, 5) is 25.2. The fourth-order valence-corrected chi connectivity index (χ4v) is 2.68. The van der Waals surface area contributed by atoms with Gasteiger partial charge in [0.25, 0.3) is 5.91 Å². The Morgan fingerprint density at radius 3 is 2.62 bits per heavy atom. The van der Waals surface area contributed by atoms with Gasteiger partial charge >= 0.3 is 5.97 Å². The molecule has 1 N–H and O–H groups in total. The van der Waals surface area contributed by atoms with Crippen molar-refractivity contribution in [1.82, 2.24) is 0 Å². The molecule has 108 valence electrons. The first kappa shape index (κ1) is 13.4. The zero-order valence-electron chi connectivity index (χ0n) is 11.6. The van der Waals surface area contributed by atoms with E-state index < -0.39 is 5.97 Å². The lowest BCUT2D eigenvalue weighted by Gasteiger charge is -2.34. The van der Waals surface area contributed by atoms with E-state index in [-0.39, 0.29) is 23.5 Å². The van der Waals surface area contributed by atoms with Crippen molar-refractivity contribution < 1.29 is 19.1 Å². The molecule has 21 heavy (non-hydrogen) atoms. The molecule has 1 aliphatic rings. The molecule has 0 saturated carbocycles. The highest BCUT2D eigenvalue weighted by Crippen LogP contribution is 2.31. The molecule has 1 aromatic heterocycles. The lowest BCUT2D eigenvalue weighted by Crippen LogP contribution is -2.42. The molecule has 1 amide bonds. The van der Waals surface area contributed by atoms with Gasteiger partial charge in [0, 0.05) is 11.7 Å². The number of amides is 1. The van der Waals surface area contributed by atoms with Crippen molar-refractivity contribution in [2.24, 2.45) is 0 Å². The van der Waals surface area contributed by atoms with Gasteiger partial charge in [0.05, 0.1) is 0 Å². The molecule has 0 bridgehead atoms. The standard InChI is InChI=1S/C16H15NO4/c1-10-6-7-11-4-2-3-5-12(11)17(10)15(18)13-8-9-14(21-13)16(19)20/h2-5,8-10H,6-7H2,1H3,(H,19,20). The third-order valence-corrected chi connectivity index (χ3v) is 3.77. The van der Waals surface area contributed by atoms with E-state index in [0.717, 1.165) is 24.1 Å². The number of para-hydroxylation sites is 1. The predicted octanol–water partition coefficient (Wildman–Crippen LogP) is 2.96. The zero-order chi connectivity index (χ0) is 15.0. The molecule has 5 nitrogen and oxygen atoms in total. The van der Waals surface area contributed by atoms with Crippen LogP contribution in [0.5, 0.6) is 0 Å². The molecule has 1 unspecified atom stereocenters. The number of carbonyl (C=O) groups excluding carboxylic acids is 1. The fraction of sp³-hybridized carbons (Fsp3) is 0.250. The van der Waals surface area contributed by atoms with Gasteiger partial charge in [-0.3, -0.25) is 4.79 Å². The van der Waals surface area contributed by atoms with Crippen LogP contribution in [0.25, 0.3) is 0 Å². The van der Waals surface area contributed by atoms with E-state index >= 15 is 0 Å². The van der Waals surface area contributed by atoms with E-state index in [1.807, 2.05) is 31.2 Å². The normalized spacial score (nSPS) is 17.4. The van der Waals surface area contributed by atoms with Crippen molar-refractivity contribution in [3.63, 3.8) is 0 Å². The molecule has 0 radical (unpaired) electrons. The first-order valence-electron chi connectivity index (χ1n) is 6.82. The number of carboxylic acid groups (broad SMARTS) is 1. The number of aryl methyl sites for hydroxylation is 1. The molecular weight excluding hydrogens is 270 g/mol. The highest BCUT2D eigenvalue weighted by Gasteiger charge is 2.30. The summed E-state index contributed by atoms with van der Waals surface area (Å²) in [7, 11) is 0.